The monoisotopic (exact) mass is 638 g/mol. The topological polar surface area (TPSA) is 100 Å². The zero-order valence-electron chi connectivity index (χ0n) is 18.7. The molecule has 0 amide bonds. The Balaban J connectivity index is 1.63. The summed E-state index contributed by atoms with van der Waals surface area (Å²) in [7, 11) is 0. The molecule has 0 fully saturated rings. The Hall–Kier alpha value is -3.15. The lowest BCUT2D eigenvalue weighted by Gasteiger charge is -2.15. The molecule has 3 aromatic carbocycles. The predicted octanol–water partition coefficient (Wildman–Crippen LogP) is 6.83. The number of esters is 1. The average molecular weight is 639 g/mol. The first-order valence-corrected chi connectivity index (χ1v) is 12.4. The minimum atomic E-state index is -0.712. The summed E-state index contributed by atoms with van der Waals surface area (Å²) in [5.74, 6) is 0.00727. The first-order chi connectivity index (χ1) is 17.2. The van der Waals surface area contributed by atoms with Crippen molar-refractivity contribution in [3.63, 3.8) is 0 Å². The third kappa shape index (κ3) is 5.97. The lowest BCUT2D eigenvalue weighted by Crippen LogP contribution is -2.06. The van der Waals surface area contributed by atoms with Crippen molar-refractivity contribution in [1.29, 1.82) is 0 Å². The molecule has 11 heteroatoms. The molecule has 36 heavy (non-hydrogen) atoms. The van der Waals surface area contributed by atoms with E-state index in [1.807, 2.05) is 31.2 Å². The van der Waals surface area contributed by atoms with Crippen LogP contribution in [0.4, 0.5) is 5.69 Å². The minimum absolute atomic E-state index is 0.00588. The van der Waals surface area contributed by atoms with Gasteiger partial charge in [-0.05, 0) is 83.1 Å². The number of carbonyl (C=O) groups is 1. The molecule has 0 saturated heterocycles. The van der Waals surface area contributed by atoms with Gasteiger partial charge in [-0.1, -0.05) is 35.3 Å². The van der Waals surface area contributed by atoms with Crippen LogP contribution in [0.25, 0.3) is 6.08 Å². The summed E-state index contributed by atoms with van der Waals surface area (Å²) in [4.78, 5) is 27.2. The van der Waals surface area contributed by atoms with E-state index in [1.165, 1.54) is 24.3 Å². The molecular weight excluding hydrogens is 622 g/mol. The Morgan fingerprint density at radius 2 is 1.92 bits per heavy atom. The van der Waals surface area contributed by atoms with E-state index >= 15 is 0 Å². The van der Waals surface area contributed by atoms with Gasteiger partial charge in [0.05, 0.1) is 16.6 Å². The highest BCUT2D eigenvalue weighted by molar-refractivity contribution is 14.1. The van der Waals surface area contributed by atoms with Crippen LogP contribution in [-0.4, -0.2) is 23.4 Å². The molecule has 3 aromatic rings. The maximum absolute atomic E-state index is 12.4. The molecule has 8 nitrogen and oxygen atoms in total. The molecule has 0 radical (unpaired) electrons. The van der Waals surface area contributed by atoms with Crippen molar-refractivity contribution in [1.82, 2.24) is 0 Å². The van der Waals surface area contributed by atoms with Gasteiger partial charge < -0.3 is 14.2 Å². The highest BCUT2D eigenvalue weighted by atomic mass is 127. The van der Waals surface area contributed by atoms with E-state index in [-0.39, 0.29) is 27.9 Å². The third-order valence-corrected chi connectivity index (χ3v) is 6.19. The first kappa shape index (κ1) is 25.9. The number of nitro groups is 1. The highest BCUT2D eigenvalue weighted by Gasteiger charge is 2.26. The number of nitrogens with zero attached hydrogens (tertiary/aromatic N) is 2. The van der Waals surface area contributed by atoms with E-state index in [4.69, 9.17) is 37.4 Å². The van der Waals surface area contributed by atoms with E-state index in [1.54, 1.807) is 12.1 Å². The first-order valence-electron chi connectivity index (χ1n) is 10.6. The standard InChI is InChI=1S/C25H17Cl2IN2O6/c1-2-34-22-11-15(9-19(27)23(22)35-13-14-4-3-5-17(28)8-14)10-20-25(31)36-24(29-20)16-6-7-18(26)21(12-16)30(32)33/h3-12H,2,13H2,1H3/b20-10-. The van der Waals surface area contributed by atoms with Gasteiger partial charge >= 0.3 is 5.97 Å². The second-order valence-corrected chi connectivity index (χ2v) is 9.50. The van der Waals surface area contributed by atoms with Gasteiger partial charge in [0, 0.05) is 15.2 Å². The van der Waals surface area contributed by atoms with Crippen LogP contribution in [0.5, 0.6) is 11.5 Å². The van der Waals surface area contributed by atoms with Crippen LogP contribution in [0, 0.1) is 13.7 Å². The number of hydrogen-bond acceptors (Lipinski definition) is 7. The van der Waals surface area contributed by atoms with Gasteiger partial charge in [-0.15, -0.1) is 0 Å². The van der Waals surface area contributed by atoms with Gasteiger partial charge in [-0.2, -0.15) is 0 Å². The van der Waals surface area contributed by atoms with Crippen molar-refractivity contribution in [2.45, 2.75) is 13.5 Å². The van der Waals surface area contributed by atoms with Crippen molar-refractivity contribution in [3.8, 4) is 11.5 Å². The van der Waals surface area contributed by atoms with Crippen LogP contribution < -0.4 is 9.47 Å². The molecule has 0 bridgehead atoms. The Morgan fingerprint density at radius 3 is 2.64 bits per heavy atom. The van der Waals surface area contributed by atoms with E-state index in [2.05, 4.69) is 27.6 Å². The number of nitro benzene ring substituents is 1. The molecule has 0 aromatic heterocycles. The fraction of sp³-hybridized carbons (Fsp3) is 0.120. The molecule has 1 aliphatic rings. The molecular formula is C25H17Cl2IN2O6. The summed E-state index contributed by atoms with van der Waals surface area (Å²) < 4.78 is 18.0. The smallest absolute Gasteiger partial charge is 0.363 e. The number of aliphatic imine (C=N–C) groups is 1. The van der Waals surface area contributed by atoms with Gasteiger partial charge in [0.15, 0.2) is 17.2 Å². The van der Waals surface area contributed by atoms with E-state index < -0.39 is 10.9 Å². The molecule has 184 valence electrons. The average Bonchev–Trinajstić information content (AvgIpc) is 3.19. The van der Waals surface area contributed by atoms with Gasteiger partial charge in [0.25, 0.3) is 5.69 Å². The van der Waals surface area contributed by atoms with Crippen molar-refractivity contribution in [2.24, 2.45) is 4.99 Å². The summed E-state index contributed by atoms with van der Waals surface area (Å²) in [6, 6.07) is 15.2. The number of ether oxygens (including phenoxy) is 3. The molecule has 0 unspecified atom stereocenters. The molecule has 0 spiro atoms. The quantitative estimate of drug-likeness (QED) is 0.0882. The van der Waals surface area contributed by atoms with E-state index in [0.29, 0.717) is 35.3 Å². The molecule has 0 atom stereocenters. The highest BCUT2D eigenvalue weighted by Crippen LogP contribution is 2.38. The third-order valence-electron chi connectivity index (χ3n) is 4.92. The van der Waals surface area contributed by atoms with Crippen LogP contribution in [0.15, 0.2) is 65.3 Å². The van der Waals surface area contributed by atoms with Crippen LogP contribution in [0.1, 0.15) is 23.6 Å². The number of halogens is 3. The molecule has 1 heterocycles. The Bertz CT molecular complexity index is 1420. The van der Waals surface area contributed by atoms with Gasteiger partial charge in [0.2, 0.25) is 5.90 Å². The normalized spacial score (nSPS) is 13.9. The van der Waals surface area contributed by atoms with E-state index in [9.17, 15) is 14.9 Å². The number of rotatable bonds is 8. The zero-order chi connectivity index (χ0) is 25.8. The number of cyclic esters (lactones) is 1. The number of benzene rings is 3. The molecule has 0 N–H and O–H groups in total. The number of hydrogen-bond donors (Lipinski definition) is 0. The van der Waals surface area contributed by atoms with Crippen molar-refractivity contribution >= 4 is 69.4 Å². The Kier molecular flexibility index (Phi) is 8.12. The SMILES string of the molecule is CCOc1cc(/C=C2\N=C(c3ccc(Cl)c([N+](=O)[O-])c3)OC2=O)cc(Cl)c1OCc1cccc(I)c1. The summed E-state index contributed by atoms with van der Waals surface area (Å²) in [5, 5.41) is 11.4. The Labute approximate surface area is 229 Å². The predicted molar refractivity (Wildman–Crippen MR) is 145 cm³/mol. The largest absolute Gasteiger partial charge is 0.490 e. The molecule has 1 aliphatic heterocycles. The fourth-order valence-electron chi connectivity index (χ4n) is 3.33. The maximum Gasteiger partial charge on any atom is 0.363 e. The lowest BCUT2D eigenvalue weighted by molar-refractivity contribution is -0.384. The second-order valence-electron chi connectivity index (χ2n) is 7.44. The second kappa shape index (κ2) is 11.3. The molecule has 4 rings (SSSR count). The Morgan fingerprint density at radius 1 is 1.11 bits per heavy atom. The van der Waals surface area contributed by atoms with Crippen molar-refractivity contribution < 1.29 is 23.9 Å². The summed E-state index contributed by atoms with van der Waals surface area (Å²) >= 11 is 14.6. The van der Waals surface area contributed by atoms with Crippen molar-refractivity contribution in [3.05, 3.63) is 101 Å². The van der Waals surface area contributed by atoms with Crippen LogP contribution >= 0.6 is 45.8 Å². The summed E-state index contributed by atoms with van der Waals surface area (Å²) in [6.45, 7) is 2.50. The molecule has 0 aliphatic carbocycles. The van der Waals surface area contributed by atoms with Crippen molar-refractivity contribution in [2.75, 3.05) is 6.61 Å². The minimum Gasteiger partial charge on any atom is -0.490 e. The summed E-state index contributed by atoms with van der Waals surface area (Å²) in [5.41, 5.74) is 1.43. The molecule has 0 saturated carbocycles. The van der Waals surface area contributed by atoms with Gasteiger partial charge in [0.1, 0.15) is 11.6 Å². The summed E-state index contributed by atoms with van der Waals surface area (Å²) in [6.07, 6.45) is 1.48. The van der Waals surface area contributed by atoms with Crippen LogP contribution in [-0.2, 0) is 16.1 Å². The maximum atomic E-state index is 12.4. The van der Waals surface area contributed by atoms with E-state index in [0.717, 1.165) is 9.13 Å². The van der Waals surface area contributed by atoms with Gasteiger partial charge in [-0.3, -0.25) is 10.1 Å². The fourth-order valence-corrected chi connectivity index (χ4v) is 4.40. The lowest BCUT2D eigenvalue weighted by atomic mass is 10.1. The van der Waals surface area contributed by atoms with Crippen LogP contribution in [0.2, 0.25) is 10.0 Å². The number of carbonyl (C=O) groups excluding carboxylic acids is 1. The zero-order valence-corrected chi connectivity index (χ0v) is 22.3. The van der Waals surface area contributed by atoms with Gasteiger partial charge in [-0.25, -0.2) is 9.79 Å². The van der Waals surface area contributed by atoms with Crippen LogP contribution in [0.3, 0.4) is 0 Å².